The zero-order valence-corrected chi connectivity index (χ0v) is 13.7. The number of ketones is 3. The Hall–Kier alpha value is -3.04. The van der Waals surface area contributed by atoms with E-state index in [0.717, 1.165) is 0 Å². The summed E-state index contributed by atoms with van der Waals surface area (Å²) in [5, 5.41) is 0.306. The number of carbonyl (C=O) groups is 3. The molecule has 0 aromatic heterocycles. The maximum absolute atomic E-state index is 13.0. The fourth-order valence-corrected chi connectivity index (χ4v) is 3.35. The minimum Gasteiger partial charge on any atom is -0.289 e. The van der Waals surface area contributed by atoms with E-state index in [-0.39, 0.29) is 34.0 Å². The molecule has 25 heavy (non-hydrogen) atoms. The van der Waals surface area contributed by atoms with Gasteiger partial charge in [0.25, 0.3) is 0 Å². The molecule has 1 aliphatic rings. The highest BCUT2D eigenvalue weighted by atomic mass is 35.5. The summed E-state index contributed by atoms with van der Waals surface area (Å²) < 4.78 is 0. The maximum Gasteiger partial charge on any atom is 0.195 e. The standard InChI is InChI=1S/C21H11ClO3/c22-17-11-4-3-8-14(17)20(24)16-10-5-9-15-18(16)21(25)13-7-2-1-6-12(13)19(15)23/h1-11H. The van der Waals surface area contributed by atoms with Crippen LogP contribution >= 0.6 is 11.6 Å². The highest BCUT2D eigenvalue weighted by Crippen LogP contribution is 2.31. The van der Waals surface area contributed by atoms with Crippen molar-refractivity contribution in [2.75, 3.05) is 0 Å². The third kappa shape index (κ3) is 2.32. The summed E-state index contributed by atoms with van der Waals surface area (Å²) >= 11 is 6.13. The normalized spacial score (nSPS) is 12.5. The molecule has 0 bridgehead atoms. The number of rotatable bonds is 2. The predicted molar refractivity (Wildman–Crippen MR) is 94.6 cm³/mol. The minimum absolute atomic E-state index is 0.149. The molecule has 0 radical (unpaired) electrons. The van der Waals surface area contributed by atoms with Crippen LogP contribution in [0.3, 0.4) is 0 Å². The van der Waals surface area contributed by atoms with Crippen molar-refractivity contribution in [3.05, 3.63) is 105 Å². The van der Waals surface area contributed by atoms with Crippen molar-refractivity contribution in [1.82, 2.24) is 0 Å². The van der Waals surface area contributed by atoms with E-state index in [0.29, 0.717) is 21.7 Å². The van der Waals surface area contributed by atoms with E-state index in [1.807, 2.05) is 0 Å². The molecular formula is C21H11ClO3. The Balaban J connectivity index is 1.94. The Morgan fingerprint density at radius 1 is 0.640 bits per heavy atom. The topological polar surface area (TPSA) is 51.2 Å². The number of fused-ring (bicyclic) bond motifs is 2. The van der Waals surface area contributed by atoms with Crippen molar-refractivity contribution in [3.63, 3.8) is 0 Å². The zero-order chi connectivity index (χ0) is 17.6. The Bertz CT molecular complexity index is 1070. The van der Waals surface area contributed by atoms with Crippen LogP contribution in [0.25, 0.3) is 0 Å². The lowest BCUT2D eigenvalue weighted by Crippen LogP contribution is -2.24. The summed E-state index contributed by atoms with van der Waals surface area (Å²) in [6, 6.07) is 18.1. The number of hydrogen-bond donors (Lipinski definition) is 0. The second-order valence-corrected chi connectivity index (χ2v) is 6.15. The van der Waals surface area contributed by atoms with Crippen molar-refractivity contribution in [1.29, 1.82) is 0 Å². The Kier molecular flexibility index (Phi) is 3.59. The van der Waals surface area contributed by atoms with Crippen LogP contribution in [0.15, 0.2) is 66.7 Å². The third-order valence-corrected chi connectivity index (χ3v) is 4.65. The Labute approximate surface area is 148 Å². The van der Waals surface area contributed by atoms with Gasteiger partial charge in [0.1, 0.15) is 0 Å². The number of benzene rings is 3. The summed E-state index contributed by atoms with van der Waals surface area (Å²) in [5.41, 5.74) is 1.58. The first kappa shape index (κ1) is 15.5. The van der Waals surface area contributed by atoms with Crippen LogP contribution in [0.4, 0.5) is 0 Å². The molecule has 3 nitrogen and oxygen atoms in total. The van der Waals surface area contributed by atoms with Gasteiger partial charge in [-0.2, -0.15) is 0 Å². The smallest absolute Gasteiger partial charge is 0.195 e. The SMILES string of the molecule is O=C(c1ccccc1Cl)c1cccc2c1C(=O)c1ccccc1C2=O. The average Bonchev–Trinajstić information content (AvgIpc) is 2.65. The maximum atomic E-state index is 13.0. The largest absolute Gasteiger partial charge is 0.289 e. The average molecular weight is 347 g/mol. The molecule has 0 saturated heterocycles. The van der Waals surface area contributed by atoms with Crippen molar-refractivity contribution in [3.8, 4) is 0 Å². The van der Waals surface area contributed by atoms with Crippen molar-refractivity contribution < 1.29 is 14.4 Å². The molecular weight excluding hydrogens is 336 g/mol. The van der Waals surface area contributed by atoms with Crippen molar-refractivity contribution in [2.24, 2.45) is 0 Å². The van der Waals surface area contributed by atoms with Gasteiger partial charge in [-0.1, -0.05) is 66.2 Å². The highest BCUT2D eigenvalue weighted by molar-refractivity contribution is 6.36. The van der Waals surface area contributed by atoms with Gasteiger partial charge in [0.15, 0.2) is 17.3 Å². The number of halogens is 1. The van der Waals surface area contributed by atoms with E-state index in [2.05, 4.69) is 0 Å². The Morgan fingerprint density at radius 3 is 1.92 bits per heavy atom. The summed E-state index contributed by atoms with van der Waals surface area (Å²) in [7, 11) is 0. The molecule has 3 aromatic carbocycles. The Morgan fingerprint density at radius 2 is 1.20 bits per heavy atom. The van der Waals surface area contributed by atoms with E-state index < -0.39 is 0 Å². The first-order valence-corrected chi connectivity index (χ1v) is 8.08. The van der Waals surface area contributed by atoms with Crippen LogP contribution in [0.2, 0.25) is 5.02 Å². The van der Waals surface area contributed by atoms with Crippen LogP contribution in [-0.4, -0.2) is 17.3 Å². The van der Waals surface area contributed by atoms with E-state index >= 15 is 0 Å². The summed E-state index contributed by atoms with van der Waals surface area (Å²) in [6.07, 6.45) is 0. The van der Waals surface area contributed by atoms with Crippen LogP contribution in [-0.2, 0) is 0 Å². The fourth-order valence-electron chi connectivity index (χ4n) is 3.12. The molecule has 4 heteroatoms. The van der Waals surface area contributed by atoms with Gasteiger partial charge in [0.2, 0.25) is 0 Å². The first-order chi connectivity index (χ1) is 12.1. The molecule has 0 N–H and O–H groups in total. The monoisotopic (exact) mass is 346 g/mol. The number of hydrogen-bond acceptors (Lipinski definition) is 3. The van der Waals surface area contributed by atoms with Crippen molar-refractivity contribution >= 4 is 29.0 Å². The molecule has 4 rings (SSSR count). The second kappa shape index (κ2) is 5.80. The van der Waals surface area contributed by atoms with Crippen molar-refractivity contribution in [2.45, 2.75) is 0 Å². The molecule has 0 spiro atoms. The third-order valence-electron chi connectivity index (χ3n) is 4.32. The summed E-state index contributed by atoms with van der Waals surface area (Å²) in [5.74, 6) is -0.941. The molecule has 0 heterocycles. The van der Waals surface area contributed by atoms with Gasteiger partial charge in [-0.15, -0.1) is 0 Å². The fraction of sp³-hybridized carbons (Fsp3) is 0. The molecule has 1 aliphatic carbocycles. The van der Waals surface area contributed by atoms with Crippen LogP contribution in [0.1, 0.15) is 47.8 Å². The van der Waals surface area contributed by atoms with Gasteiger partial charge in [0.05, 0.1) is 5.02 Å². The lowest BCUT2D eigenvalue weighted by molar-refractivity contribution is 0.0971. The second-order valence-electron chi connectivity index (χ2n) is 5.74. The van der Waals surface area contributed by atoms with Crippen LogP contribution in [0.5, 0.6) is 0 Å². The van der Waals surface area contributed by atoms with Crippen LogP contribution in [0, 0.1) is 0 Å². The highest BCUT2D eigenvalue weighted by Gasteiger charge is 2.33. The molecule has 0 unspecified atom stereocenters. The van der Waals surface area contributed by atoms with Gasteiger partial charge in [-0.05, 0) is 12.1 Å². The van der Waals surface area contributed by atoms with E-state index in [9.17, 15) is 14.4 Å². The van der Waals surface area contributed by atoms with E-state index in [1.54, 1.807) is 66.7 Å². The lowest BCUT2D eigenvalue weighted by atomic mass is 9.80. The molecule has 0 saturated carbocycles. The van der Waals surface area contributed by atoms with Gasteiger partial charge in [0, 0.05) is 33.4 Å². The van der Waals surface area contributed by atoms with Crippen LogP contribution < -0.4 is 0 Å². The lowest BCUT2D eigenvalue weighted by Gasteiger charge is -2.19. The molecule has 120 valence electrons. The predicted octanol–water partition coefficient (Wildman–Crippen LogP) is 4.35. The van der Waals surface area contributed by atoms with Gasteiger partial charge < -0.3 is 0 Å². The zero-order valence-electron chi connectivity index (χ0n) is 13.0. The quantitative estimate of drug-likeness (QED) is 0.507. The van der Waals surface area contributed by atoms with Gasteiger partial charge in [-0.25, -0.2) is 0 Å². The summed E-state index contributed by atoms with van der Waals surface area (Å²) in [6.45, 7) is 0. The molecule has 0 amide bonds. The minimum atomic E-state index is -0.372. The first-order valence-electron chi connectivity index (χ1n) is 7.70. The number of carbonyl (C=O) groups excluding carboxylic acids is 3. The molecule has 0 fully saturated rings. The molecule has 0 atom stereocenters. The summed E-state index contributed by atoms with van der Waals surface area (Å²) in [4.78, 5) is 38.7. The van der Waals surface area contributed by atoms with E-state index in [1.165, 1.54) is 0 Å². The van der Waals surface area contributed by atoms with Gasteiger partial charge in [-0.3, -0.25) is 14.4 Å². The van der Waals surface area contributed by atoms with Gasteiger partial charge >= 0.3 is 0 Å². The van der Waals surface area contributed by atoms with E-state index in [4.69, 9.17) is 11.6 Å². The molecule has 3 aromatic rings. The molecule has 0 aliphatic heterocycles.